The fourth-order valence-electron chi connectivity index (χ4n) is 0.766. The van der Waals surface area contributed by atoms with Gasteiger partial charge in [0.1, 0.15) is 0 Å². The Hall–Kier alpha value is -0.610. The van der Waals surface area contributed by atoms with Crippen molar-refractivity contribution in [3.63, 3.8) is 0 Å². The molecule has 0 unspecified atom stereocenters. The van der Waals surface area contributed by atoms with Crippen LogP contribution in [0.15, 0.2) is 0 Å². The van der Waals surface area contributed by atoms with Crippen LogP contribution in [0.1, 0.15) is 26.2 Å². The van der Waals surface area contributed by atoms with E-state index in [0.717, 1.165) is 0 Å². The second-order valence-electron chi connectivity index (χ2n) is 2.55. The number of carbonyl (C=O) groups is 1. The van der Waals surface area contributed by atoms with E-state index < -0.39 is 18.2 Å². The number of hydrogen-bond acceptors (Lipinski definition) is 3. The Kier molecular flexibility index (Phi) is 4.81. The van der Waals surface area contributed by atoms with Crippen molar-refractivity contribution in [2.45, 2.75) is 38.4 Å². The van der Waals surface area contributed by atoms with E-state index in [4.69, 9.17) is 15.3 Å². The van der Waals surface area contributed by atoms with Gasteiger partial charge in [-0.05, 0) is 12.8 Å². The first-order valence-electron chi connectivity index (χ1n) is 3.64. The number of carboxylic acids is 1. The van der Waals surface area contributed by atoms with E-state index in [1.165, 1.54) is 0 Å². The van der Waals surface area contributed by atoms with Crippen LogP contribution in [0.5, 0.6) is 0 Å². The van der Waals surface area contributed by atoms with Gasteiger partial charge in [0.15, 0.2) is 0 Å². The van der Waals surface area contributed by atoms with Gasteiger partial charge >= 0.3 is 5.97 Å². The smallest absolute Gasteiger partial charge is 0.305 e. The highest BCUT2D eigenvalue weighted by atomic mass is 16.4. The normalized spacial score (nSPS) is 15.9. The Morgan fingerprint density at radius 3 is 2.27 bits per heavy atom. The summed E-state index contributed by atoms with van der Waals surface area (Å²) in [5.74, 6) is -1.04. The Morgan fingerprint density at radius 2 is 1.91 bits per heavy atom. The predicted molar refractivity (Wildman–Crippen MR) is 39.2 cm³/mol. The molecule has 0 bridgehead atoms. The molecule has 3 N–H and O–H groups in total. The average molecular weight is 162 g/mol. The number of aliphatic carboxylic acids is 1. The topological polar surface area (TPSA) is 77.8 Å². The molecule has 11 heavy (non-hydrogen) atoms. The van der Waals surface area contributed by atoms with Gasteiger partial charge in [0, 0.05) is 0 Å². The molecule has 0 amide bonds. The molecular formula is C7H14O4. The predicted octanol–water partition coefficient (Wildman–Crippen LogP) is -0.0170. The summed E-state index contributed by atoms with van der Waals surface area (Å²) in [5.41, 5.74) is 0. The molecule has 0 saturated carbocycles. The first-order chi connectivity index (χ1) is 5.06. The zero-order chi connectivity index (χ0) is 8.85. The minimum absolute atomic E-state index is 0.142. The first-order valence-corrected chi connectivity index (χ1v) is 3.64. The molecule has 0 aliphatic carbocycles. The van der Waals surface area contributed by atoms with E-state index in [-0.39, 0.29) is 12.8 Å². The maximum atomic E-state index is 10.0. The molecule has 0 saturated heterocycles. The molecule has 0 aromatic heterocycles. The van der Waals surface area contributed by atoms with E-state index in [2.05, 4.69) is 0 Å². The van der Waals surface area contributed by atoms with Crippen molar-refractivity contribution in [2.75, 3.05) is 0 Å². The minimum atomic E-state index is -1.04. The molecule has 66 valence electrons. The van der Waals surface area contributed by atoms with Crippen LogP contribution in [0, 0.1) is 0 Å². The Labute approximate surface area is 65.5 Å². The van der Waals surface area contributed by atoms with Crippen LogP contribution in [0.3, 0.4) is 0 Å². The molecule has 0 rings (SSSR count). The standard InChI is InChI=1S/C7H14O4/c1-2-5(8)3-6(9)4-7(10)11/h5-6,8-9H,2-4H2,1H3,(H,10,11)/t5-,6-/m0/s1. The maximum Gasteiger partial charge on any atom is 0.305 e. The minimum Gasteiger partial charge on any atom is -0.481 e. The second kappa shape index (κ2) is 5.09. The molecule has 0 aliphatic rings. The van der Waals surface area contributed by atoms with Crippen molar-refractivity contribution >= 4 is 5.97 Å². The second-order valence-corrected chi connectivity index (χ2v) is 2.55. The maximum absolute atomic E-state index is 10.0. The fourth-order valence-corrected chi connectivity index (χ4v) is 0.766. The number of carboxylic acid groups (broad SMARTS) is 1. The van der Waals surface area contributed by atoms with Crippen molar-refractivity contribution < 1.29 is 20.1 Å². The van der Waals surface area contributed by atoms with Crippen molar-refractivity contribution in [1.82, 2.24) is 0 Å². The van der Waals surface area contributed by atoms with Gasteiger partial charge in [-0.25, -0.2) is 0 Å². The zero-order valence-corrected chi connectivity index (χ0v) is 6.53. The number of aliphatic hydroxyl groups excluding tert-OH is 2. The quantitative estimate of drug-likeness (QED) is 0.531. The van der Waals surface area contributed by atoms with E-state index in [9.17, 15) is 4.79 Å². The van der Waals surface area contributed by atoms with Gasteiger partial charge in [0.25, 0.3) is 0 Å². The van der Waals surface area contributed by atoms with Gasteiger partial charge in [-0.15, -0.1) is 0 Å². The monoisotopic (exact) mass is 162 g/mol. The van der Waals surface area contributed by atoms with Crippen LogP contribution in [0.2, 0.25) is 0 Å². The molecule has 0 spiro atoms. The third-order valence-corrected chi connectivity index (χ3v) is 1.43. The summed E-state index contributed by atoms with van der Waals surface area (Å²) in [5, 5.41) is 26.2. The number of rotatable bonds is 5. The highest BCUT2D eigenvalue weighted by molar-refractivity contribution is 5.67. The van der Waals surface area contributed by atoms with Crippen LogP contribution in [0.4, 0.5) is 0 Å². The molecule has 4 nitrogen and oxygen atoms in total. The van der Waals surface area contributed by atoms with Crippen molar-refractivity contribution in [2.24, 2.45) is 0 Å². The van der Waals surface area contributed by atoms with E-state index in [1.807, 2.05) is 0 Å². The largest absolute Gasteiger partial charge is 0.481 e. The van der Waals surface area contributed by atoms with Crippen LogP contribution >= 0.6 is 0 Å². The van der Waals surface area contributed by atoms with E-state index in [0.29, 0.717) is 6.42 Å². The van der Waals surface area contributed by atoms with Crippen molar-refractivity contribution in [3.8, 4) is 0 Å². The number of aliphatic hydroxyl groups is 2. The number of hydrogen-bond donors (Lipinski definition) is 3. The molecule has 0 radical (unpaired) electrons. The lowest BCUT2D eigenvalue weighted by molar-refractivity contribution is -0.139. The lowest BCUT2D eigenvalue weighted by Crippen LogP contribution is -2.19. The summed E-state index contributed by atoms with van der Waals surface area (Å²) < 4.78 is 0. The van der Waals surface area contributed by atoms with E-state index >= 15 is 0 Å². The van der Waals surface area contributed by atoms with Crippen LogP contribution in [0.25, 0.3) is 0 Å². The van der Waals surface area contributed by atoms with E-state index in [1.54, 1.807) is 6.92 Å². The lowest BCUT2D eigenvalue weighted by atomic mass is 10.1. The summed E-state index contributed by atoms with van der Waals surface area (Å²) >= 11 is 0. The summed E-state index contributed by atoms with van der Waals surface area (Å²) in [7, 11) is 0. The van der Waals surface area contributed by atoms with Gasteiger partial charge in [0.2, 0.25) is 0 Å². The molecule has 2 atom stereocenters. The summed E-state index contributed by atoms with van der Waals surface area (Å²) in [6.45, 7) is 1.78. The third kappa shape index (κ3) is 5.82. The molecule has 0 heterocycles. The molecule has 0 fully saturated rings. The average Bonchev–Trinajstić information content (AvgIpc) is 1.85. The van der Waals surface area contributed by atoms with Crippen molar-refractivity contribution in [1.29, 1.82) is 0 Å². The molecule has 4 heteroatoms. The van der Waals surface area contributed by atoms with Gasteiger partial charge in [-0.3, -0.25) is 4.79 Å². The molecule has 0 aliphatic heterocycles. The Morgan fingerprint density at radius 1 is 1.36 bits per heavy atom. The zero-order valence-electron chi connectivity index (χ0n) is 6.53. The van der Waals surface area contributed by atoms with Crippen molar-refractivity contribution in [3.05, 3.63) is 0 Å². The highest BCUT2D eigenvalue weighted by Crippen LogP contribution is 2.04. The highest BCUT2D eigenvalue weighted by Gasteiger charge is 2.13. The first kappa shape index (κ1) is 10.4. The van der Waals surface area contributed by atoms with Gasteiger partial charge in [-0.2, -0.15) is 0 Å². The van der Waals surface area contributed by atoms with Gasteiger partial charge in [0.05, 0.1) is 18.6 Å². The van der Waals surface area contributed by atoms with Crippen LogP contribution in [-0.2, 0) is 4.79 Å². The molecular weight excluding hydrogens is 148 g/mol. The van der Waals surface area contributed by atoms with Gasteiger partial charge in [-0.1, -0.05) is 6.92 Å². The SMILES string of the molecule is CC[C@H](O)C[C@H](O)CC(=O)O. The summed E-state index contributed by atoms with van der Waals surface area (Å²) in [6.07, 6.45) is -1.14. The summed E-state index contributed by atoms with van der Waals surface area (Å²) in [6, 6.07) is 0. The Bertz CT molecular complexity index is 124. The van der Waals surface area contributed by atoms with Crippen LogP contribution in [-0.4, -0.2) is 33.5 Å². The molecule has 0 aromatic rings. The third-order valence-electron chi connectivity index (χ3n) is 1.43. The molecule has 0 aromatic carbocycles. The van der Waals surface area contributed by atoms with Crippen LogP contribution < -0.4 is 0 Å². The lowest BCUT2D eigenvalue weighted by Gasteiger charge is -2.11. The van der Waals surface area contributed by atoms with Gasteiger partial charge < -0.3 is 15.3 Å². The fraction of sp³-hybridized carbons (Fsp3) is 0.857. The summed E-state index contributed by atoms with van der Waals surface area (Å²) in [4.78, 5) is 10.0. The Balaban J connectivity index is 3.51.